The number of rotatable bonds is 2. The number of aryl methyl sites for hydroxylation is 2. The van der Waals surface area contributed by atoms with E-state index in [1.165, 1.54) is 18.3 Å². The molecule has 0 aliphatic carbocycles. The van der Waals surface area contributed by atoms with Crippen molar-refractivity contribution in [3.63, 3.8) is 0 Å². The summed E-state index contributed by atoms with van der Waals surface area (Å²) >= 11 is -0.000856. The summed E-state index contributed by atoms with van der Waals surface area (Å²) in [5.41, 5.74) is 2.79. The molecule has 0 aliphatic heterocycles. The van der Waals surface area contributed by atoms with Gasteiger partial charge in [-0.1, -0.05) is 0 Å². The zero-order valence-corrected chi connectivity index (χ0v) is 11.2. The Balaban J connectivity index is 2.22. The molecule has 0 saturated heterocycles. The second kappa shape index (κ2) is 4.79. The molecule has 0 atom stereocenters. The molecule has 0 amide bonds. The van der Waals surface area contributed by atoms with E-state index in [0.717, 1.165) is 0 Å². The molecule has 0 saturated carbocycles. The monoisotopic (exact) mass is 309 g/mol. The van der Waals surface area contributed by atoms with Crippen molar-refractivity contribution in [2.24, 2.45) is 0 Å². The van der Waals surface area contributed by atoms with Crippen molar-refractivity contribution >= 4 is 0 Å². The topological polar surface area (TPSA) is 0 Å². The van der Waals surface area contributed by atoms with Crippen LogP contribution in [-0.4, -0.2) is 0 Å². The SMILES string of the molecule is Cc1ccc([I-]c2ccccc2)cc1C. The fourth-order valence-corrected chi connectivity index (χ4v) is 3.84. The molecule has 2 aromatic carbocycles. The van der Waals surface area contributed by atoms with E-state index in [1.807, 2.05) is 0 Å². The molecule has 0 nitrogen and oxygen atoms in total. The van der Waals surface area contributed by atoms with Crippen LogP contribution in [-0.2, 0) is 0 Å². The van der Waals surface area contributed by atoms with E-state index in [9.17, 15) is 0 Å². The standard InChI is InChI=1S/C14H14I/c1-11-8-9-14(10-12(11)2)15-13-6-4-3-5-7-13/h3-10H,1-2H3/q-1. The summed E-state index contributed by atoms with van der Waals surface area (Å²) in [7, 11) is 0. The van der Waals surface area contributed by atoms with Crippen LogP contribution >= 0.6 is 0 Å². The van der Waals surface area contributed by atoms with Gasteiger partial charge in [0.1, 0.15) is 0 Å². The third-order valence-electron chi connectivity index (χ3n) is 2.42. The van der Waals surface area contributed by atoms with Gasteiger partial charge in [-0.05, 0) is 0 Å². The molecule has 0 radical (unpaired) electrons. The van der Waals surface area contributed by atoms with E-state index in [4.69, 9.17) is 0 Å². The van der Waals surface area contributed by atoms with E-state index < -0.39 is 0 Å². The predicted octanol–water partition coefficient (Wildman–Crippen LogP) is 0.432. The second-order valence-corrected chi connectivity index (χ2v) is 6.65. The maximum atomic E-state index is 2.33. The summed E-state index contributed by atoms with van der Waals surface area (Å²) < 4.78 is 2.99. The van der Waals surface area contributed by atoms with Gasteiger partial charge in [-0.25, -0.2) is 0 Å². The Labute approximate surface area is 102 Å². The Morgan fingerprint density at radius 2 is 1.47 bits per heavy atom. The zero-order valence-electron chi connectivity index (χ0n) is 9.00. The van der Waals surface area contributed by atoms with Crippen LogP contribution in [0.4, 0.5) is 0 Å². The summed E-state index contributed by atoms with van der Waals surface area (Å²) in [6.07, 6.45) is 0. The zero-order chi connectivity index (χ0) is 10.7. The van der Waals surface area contributed by atoms with E-state index in [1.54, 1.807) is 0 Å². The first-order valence-electron chi connectivity index (χ1n) is 5.03. The van der Waals surface area contributed by atoms with Crippen molar-refractivity contribution in [2.45, 2.75) is 13.8 Å². The Morgan fingerprint density at radius 3 is 2.13 bits per heavy atom. The van der Waals surface area contributed by atoms with Gasteiger partial charge in [0, 0.05) is 0 Å². The molecule has 15 heavy (non-hydrogen) atoms. The van der Waals surface area contributed by atoms with Crippen LogP contribution in [0.3, 0.4) is 0 Å². The van der Waals surface area contributed by atoms with Gasteiger partial charge in [0.25, 0.3) is 0 Å². The van der Waals surface area contributed by atoms with Crippen LogP contribution in [0.15, 0.2) is 48.5 Å². The first-order chi connectivity index (χ1) is 7.25. The van der Waals surface area contributed by atoms with Crippen LogP contribution in [0, 0.1) is 21.0 Å². The molecule has 0 aliphatic rings. The first-order valence-corrected chi connectivity index (χ1v) is 7.18. The van der Waals surface area contributed by atoms with Crippen LogP contribution < -0.4 is 21.2 Å². The van der Waals surface area contributed by atoms with Crippen molar-refractivity contribution in [1.82, 2.24) is 0 Å². The molecule has 0 bridgehead atoms. The van der Waals surface area contributed by atoms with E-state index in [-0.39, 0.29) is 21.2 Å². The summed E-state index contributed by atoms with van der Waals surface area (Å²) in [4.78, 5) is 0. The van der Waals surface area contributed by atoms with Crippen LogP contribution in [0.5, 0.6) is 0 Å². The molecule has 0 fully saturated rings. The van der Waals surface area contributed by atoms with Gasteiger partial charge in [0.2, 0.25) is 0 Å². The average molecular weight is 309 g/mol. The van der Waals surface area contributed by atoms with Gasteiger partial charge in [0.15, 0.2) is 0 Å². The average Bonchev–Trinajstić information content (AvgIpc) is 2.25. The van der Waals surface area contributed by atoms with Crippen LogP contribution in [0.25, 0.3) is 0 Å². The van der Waals surface area contributed by atoms with Crippen molar-refractivity contribution in [3.05, 3.63) is 66.8 Å². The Bertz CT molecular complexity index is 446. The van der Waals surface area contributed by atoms with Crippen molar-refractivity contribution < 1.29 is 21.2 Å². The van der Waals surface area contributed by atoms with Gasteiger partial charge in [0.05, 0.1) is 0 Å². The number of hydrogen-bond acceptors (Lipinski definition) is 0. The van der Waals surface area contributed by atoms with E-state index in [2.05, 4.69) is 62.4 Å². The fourth-order valence-electron chi connectivity index (χ4n) is 1.37. The molecule has 2 rings (SSSR count). The van der Waals surface area contributed by atoms with Crippen molar-refractivity contribution in [3.8, 4) is 0 Å². The number of hydrogen-bond donors (Lipinski definition) is 0. The van der Waals surface area contributed by atoms with Crippen molar-refractivity contribution in [1.29, 1.82) is 0 Å². The van der Waals surface area contributed by atoms with Gasteiger partial charge >= 0.3 is 102 Å². The van der Waals surface area contributed by atoms with Gasteiger partial charge < -0.3 is 0 Å². The van der Waals surface area contributed by atoms with E-state index >= 15 is 0 Å². The Kier molecular flexibility index (Phi) is 3.41. The molecule has 78 valence electrons. The predicted molar refractivity (Wildman–Crippen MR) is 59.8 cm³/mol. The molecule has 1 heteroatoms. The summed E-state index contributed by atoms with van der Waals surface area (Å²) in [6.45, 7) is 4.35. The number of benzene rings is 2. The Morgan fingerprint density at radius 1 is 0.733 bits per heavy atom. The summed E-state index contributed by atoms with van der Waals surface area (Å²) in [5, 5.41) is 0. The molecular formula is C14H14I-. The normalized spacial score (nSPS) is 10.5. The third-order valence-corrected chi connectivity index (χ3v) is 5.06. The quantitative estimate of drug-likeness (QED) is 0.706. The molecular weight excluding hydrogens is 295 g/mol. The van der Waals surface area contributed by atoms with E-state index in [0.29, 0.717) is 0 Å². The molecule has 0 heterocycles. The van der Waals surface area contributed by atoms with Gasteiger partial charge in [-0.2, -0.15) is 0 Å². The number of halogens is 1. The van der Waals surface area contributed by atoms with Gasteiger partial charge in [-0.15, -0.1) is 0 Å². The van der Waals surface area contributed by atoms with Crippen LogP contribution in [0.2, 0.25) is 0 Å². The van der Waals surface area contributed by atoms with Crippen molar-refractivity contribution in [2.75, 3.05) is 0 Å². The molecule has 0 unspecified atom stereocenters. The molecule has 2 aromatic rings. The van der Waals surface area contributed by atoms with Gasteiger partial charge in [-0.3, -0.25) is 0 Å². The van der Waals surface area contributed by atoms with Crippen LogP contribution in [0.1, 0.15) is 11.1 Å². The minimum absolute atomic E-state index is 0.000856. The Hall–Kier alpha value is -0.830. The summed E-state index contributed by atoms with van der Waals surface area (Å²) in [6, 6.07) is 17.6. The molecule has 0 N–H and O–H groups in total. The first kappa shape index (κ1) is 10.7. The molecule has 0 aromatic heterocycles. The molecule has 0 spiro atoms. The summed E-state index contributed by atoms with van der Waals surface area (Å²) in [5.74, 6) is 0. The fraction of sp³-hybridized carbons (Fsp3) is 0.143. The third kappa shape index (κ3) is 2.81. The second-order valence-electron chi connectivity index (χ2n) is 3.62. The minimum atomic E-state index is -0.000856. The maximum absolute atomic E-state index is 2.33.